The number of carbonyl (C=O) groups is 2. The third kappa shape index (κ3) is 4.46. The molecule has 1 aromatic rings. The largest absolute Gasteiger partial charge is 0.482 e. The minimum Gasteiger partial charge on any atom is -0.482 e. The summed E-state index contributed by atoms with van der Waals surface area (Å²) < 4.78 is 10.5. The van der Waals surface area contributed by atoms with Gasteiger partial charge in [0.25, 0.3) is 5.91 Å². The quantitative estimate of drug-likeness (QED) is 0.756. The Bertz CT molecular complexity index is 545. The molecule has 0 saturated carbocycles. The van der Waals surface area contributed by atoms with E-state index in [2.05, 4.69) is 10.6 Å². The highest BCUT2D eigenvalue weighted by Gasteiger charge is 2.18. The van der Waals surface area contributed by atoms with Crippen LogP contribution in [0.15, 0.2) is 18.2 Å². The van der Waals surface area contributed by atoms with Crippen molar-refractivity contribution in [3.8, 4) is 5.75 Å². The second-order valence-corrected chi connectivity index (χ2v) is 5.18. The Morgan fingerprint density at radius 1 is 1.50 bits per heavy atom. The number of carbonyl (C=O) groups excluding carboxylic acids is 2. The van der Waals surface area contributed by atoms with Crippen molar-refractivity contribution >= 4 is 17.5 Å². The van der Waals surface area contributed by atoms with Crippen molar-refractivity contribution in [2.24, 2.45) is 0 Å². The zero-order valence-electron chi connectivity index (χ0n) is 13.0. The van der Waals surface area contributed by atoms with Crippen LogP contribution in [0.25, 0.3) is 0 Å². The van der Waals surface area contributed by atoms with Crippen LogP contribution >= 0.6 is 0 Å². The molecule has 22 heavy (non-hydrogen) atoms. The van der Waals surface area contributed by atoms with Gasteiger partial charge in [-0.3, -0.25) is 9.59 Å². The molecule has 0 fully saturated rings. The molecule has 6 nitrogen and oxygen atoms in total. The van der Waals surface area contributed by atoms with E-state index in [9.17, 15) is 9.59 Å². The van der Waals surface area contributed by atoms with Crippen molar-refractivity contribution < 1.29 is 19.1 Å². The molecular weight excluding hydrogens is 284 g/mol. The van der Waals surface area contributed by atoms with Gasteiger partial charge in [0, 0.05) is 19.6 Å². The maximum Gasteiger partial charge on any atom is 0.262 e. The molecule has 1 aliphatic rings. The average molecular weight is 306 g/mol. The van der Waals surface area contributed by atoms with Gasteiger partial charge in [0.1, 0.15) is 5.75 Å². The maximum absolute atomic E-state index is 11.9. The van der Waals surface area contributed by atoms with Gasteiger partial charge in [0.05, 0.1) is 11.7 Å². The minimum atomic E-state index is -0.169. The Kier molecular flexibility index (Phi) is 5.77. The van der Waals surface area contributed by atoms with E-state index in [1.54, 1.807) is 0 Å². The molecule has 1 aliphatic heterocycles. The molecule has 0 bridgehead atoms. The van der Waals surface area contributed by atoms with Crippen LogP contribution < -0.4 is 15.4 Å². The average Bonchev–Trinajstić information content (AvgIpc) is 2.50. The van der Waals surface area contributed by atoms with Crippen LogP contribution in [0, 0.1) is 0 Å². The van der Waals surface area contributed by atoms with Crippen molar-refractivity contribution in [3.63, 3.8) is 0 Å². The van der Waals surface area contributed by atoms with Gasteiger partial charge in [-0.15, -0.1) is 0 Å². The first-order chi connectivity index (χ1) is 10.6. The topological polar surface area (TPSA) is 76.7 Å². The molecule has 1 aromatic carbocycles. The fourth-order valence-electron chi connectivity index (χ4n) is 2.25. The molecule has 1 heterocycles. The number of fused-ring (bicyclic) bond motifs is 1. The summed E-state index contributed by atoms with van der Waals surface area (Å²) in [5.41, 5.74) is 1.56. The van der Waals surface area contributed by atoms with Gasteiger partial charge in [0.15, 0.2) is 6.61 Å². The number of ether oxygens (including phenoxy) is 2. The lowest BCUT2D eigenvalue weighted by Gasteiger charge is -2.21. The fraction of sp³-hybridized carbons (Fsp3) is 0.500. The predicted molar refractivity (Wildman–Crippen MR) is 82.9 cm³/mol. The van der Waals surface area contributed by atoms with Crippen molar-refractivity contribution in [1.29, 1.82) is 0 Å². The Morgan fingerprint density at radius 2 is 2.32 bits per heavy atom. The van der Waals surface area contributed by atoms with E-state index in [-0.39, 0.29) is 24.5 Å². The van der Waals surface area contributed by atoms with Crippen LogP contribution in [0.1, 0.15) is 38.3 Å². The number of rotatable bonds is 7. The lowest BCUT2D eigenvalue weighted by atomic mass is 10.1. The summed E-state index contributed by atoms with van der Waals surface area (Å²) in [5.74, 6) is 0.473. The van der Waals surface area contributed by atoms with Gasteiger partial charge in [-0.05, 0) is 38.0 Å². The van der Waals surface area contributed by atoms with E-state index >= 15 is 0 Å². The molecule has 6 heteroatoms. The monoisotopic (exact) mass is 306 g/mol. The van der Waals surface area contributed by atoms with Crippen molar-refractivity contribution in [3.05, 3.63) is 23.8 Å². The van der Waals surface area contributed by atoms with Crippen molar-refractivity contribution in [2.45, 2.75) is 32.7 Å². The fourth-order valence-corrected chi connectivity index (χ4v) is 2.25. The number of hydrogen-bond acceptors (Lipinski definition) is 4. The number of anilines is 1. The van der Waals surface area contributed by atoms with Gasteiger partial charge >= 0.3 is 0 Å². The standard InChI is InChI=1S/C16H22N2O4/c1-3-21-8-4-5-15(19)17-11(2)12-6-7-14-13(9-12)18-16(20)10-22-14/h6-7,9,11H,3-5,8,10H2,1-2H3,(H,17,19)(H,18,20). The smallest absolute Gasteiger partial charge is 0.262 e. The summed E-state index contributed by atoms with van der Waals surface area (Å²) in [4.78, 5) is 23.2. The van der Waals surface area contributed by atoms with Crippen LogP contribution in [-0.2, 0) is 14.3 Å². The molecule has 2 amide bonds. The summed E-state index contributed by atoms with van der Waals surface area (Å²) in [6.45, 7) is 5.15. The highest BCUT2D eigenvalue weighted by atomic mass is 16.5. The highest BCUT2D eigenvalue weighted by Crippen LogP contribution is 2.30. The Morgan fingerprint density at radius 3 is 3.09 bits per heavy atom. The van der Waals surface area contributed by atoms with Gasteiger partial charge in [-0.1, -0.05) is 6.07 Å². The van der Waals surface area contributed by atoms with Gasteiger partial charge in [0.2, 0.25) is 5.91 Å². The zero-order valence-corrected chi connectivity index (χ0v) is 13.0. The Labute approximate surface area is 130 Å². The highest BCUT2D eigenvalue weighted by molar-refractivity contribution is 5.95. The number of nitrogens with one attached hydrogen (secondary N) is 2. The van der Waals surface area contributed by atoms with Crippen LogP contribution in [0.2, 0.25) is 0 Å². The van der Waals surface area contributed by atoms with Crippen LogP contribution in [-0.4, -0.2) is 31.6 Å². The van der Waals surface area contributed by atoms with E-state index in [0.717, 1.165) is 5.56 Å². The molecule has 0 saturated heterocycles. The SMILES string of the molecule is CCOCCCC(=O)NC(C)c1ccc2c(c1)NC(=O)CO2. The maximum atomic E-state index is 11.9. The zero-order chi connectivity index (χ0) is 15.9. The van der Waals surface area contributed by atoms with Gasteiger partial charge < -0.3 is 20.1 Å². The van der Waals surface area contributed by atoms with Crippen LogP contribution in [0.5, 0.6) is 5.75 Å². The van der Waals surface area contributed by atoms with Gasteiger partial charge in [-0.2, -0.15) is 0 Å². The lowest BCUT2D eigenvalue weighted by molar-refractivity contribution is -0.122. The number of amides is 2. The van der Waals surface area contributed by atoms with E-state index in [4.69, 9.17) is 9.47 Å². The summed E-state index contributed by atoms with van der Waals surface area (Å²) in [5, 5.41) is 5.71. The lowest BCUT2D eigenvalue weighted by Crippen LogP contribution is -2.28. The van der Waals surface area contributed by atoms with E-state index in [1.807, 2.05) is 32.0 Å². The van der Waals surface area contributed by atoms with Crippen LogP contribution in [0.3, 0.4) is 0 Å². The number of hydrogen-bond donors (Lipinski definition) is 2. The summed E-state index contributed by atoms with van der Waals surface area (Å²) in [7, 11) is 0. The van der Waals surface area contributed by atoms with E-state index < -0.39 is 0 Å². The molecule has 0 spiro atoms. The first kappa shape index (κ1) is 16.3. The Hall–Kier alpha value is -2.08. The molecule has 1 unspecified atom stereocenters. The first-order valence-electron chi connectivity index (χ1n) is 7.54. The summed E-state index contributed by atoms with van der Waals surface area (Å²) >= 11 is 0. The minimum absolute atomic E-state index is 0.00907. The van der Waals surface area contributed by atoms with Crippen molar-refractivity contribution in [1.82, 2.24) is 5.32 Å². The van der Waals surface area contributed by atoms with E-state index in [0.29, 0.717) is 37.5 Å². The van der Waals surface area contributed by atoms with Gasteiger partial charge in [-0.25, -0.2) is 0 Å². The molecule has 0 aromatic heterocycles. The summed E-state index contributed by atoms with van der Waals surface area (Å²) in [6.07, 6.45) is 1.15. The second-order valence-electron chi connectivity index (χ2n) is 5.18. The molecule has 2 N–H and O–H groups in total. The number of benzene rings is 1. The molecule has 0 aliphatic carbocycles. The Balaban J connectivity index is 1.89. The molecule has 120 valence electrons. The van der Waals surface area contributed by atoms with Crippen molar-refractivity contribution in [2.75, 3.05) is 25.1 Å². The van der Waals surface area contributed by atoms with E-state index in [1.165, 1.54) is 0 Å². The molecule has 0 radical (unpaired) electrons. The normalized spacial score (nSPS) is 14.5. The van der Waals surface area contributed by atoms with Crippen LogP contribution in [0.4, 0.5) is 5.69 Å². The first-order valence-corrected chi connectivity index (χ1v) is 7.54. The summed E-state index contributed by atoms with van der Waals surface area (Å²) in [6, 6.07) is 5.39. The molecular formula is C16H22N2O4. The molecule has 1 atom stereocenters. The third-order valence-corrected chi connectivity index (χ3v) is 3.41. The third-order valence-electron chi connectivity index (χ3n) is 3.41. The second kappa shape index (κ2) is 7.79. The predicted octanol–water partition coefficient (Wildman–Crippen LogP) is 2.01. The molecule has 2 rings (SSSR count).